The number of ether oxygens (including phenoxy) is 1. The molecule has 0 aliphatic heterocycles. The third-order valence-corrected chi connectivity index (χ3v) is 4.04. The number of benzene rings is 2. The quantitative estimate of drug-likeness (QED) is 0.652. The fraction of sp³-hybridized carbons (Fsp3) is 0.0526. The lowest BCUT2D eigenvalue weighted by Crippen LogP contribution is -1.97. The lowest BCUT2D eigenvalue weighted by molar-refractivity contribution is 0.397. The topological polar surface area (TPSA) is 45.9 Å². The van der Waals surface area contributed by atoms with Crippen molar-refractivity contribution in [3.05, 3.63) is 70.7 Å². The van der Waals surface area contributed by atoms with E-state index in [9.17, 15) is 5.26 Å². The maximum Gasteiger partial charge on any atom is 0.232 e. The van der Waals surface area contributed by atoms with Gasteiger partial charge in [0, 0.05) is 15.6 Å². The molecule has 0 atom stereocenters. The van der Waals surface area contributed by atoms with E-state index in [2.05, 4.69) is 27.0 Å². The highest BCUT2D eigenvalue weighted by Crippen LogP contribution is 2.33. The highest BCUT2D eigenvalue weighted by molar-refractivity contribution is 9.10. The van der Waals surface area contributed by atoms with Gasteiger partial charge < -0.3 is 4.74 Å². The summed E-state index contributed by atoms with van der Waals surface area (Å²) in [5.41, 5.74) is 3.96. The van der Waals surface area contributed by atoms with Gasteiger partial charge in [0.05, 0.1) is 12.8 Å². The van der Waals surface area contributed by atoms with Crippen LogP contribution >= 0.6 is 15.9 Å². The molecule has 0 N–H and O–H groups in total. The molecule has 3 nitrogen and oxygen atoms in total. The first-order valence-corrected chi connectivity index (χ1v) is 7.82. The van der Waals surface area contributed by atoms with Gasteiger partial charge in [-0.05, 0) is 23.8 Å². The number of rotatable bonds is 3. The van der Waals surface area contributed by atoms with E-state index in [0.717, 1.165) is 26.9 Å². The highest BCUT2D eigenvalue weighted by atomic mass is 79.9. The van der Waals surface area contributed by atoms with Crippen LogP contribution in [0.3, 0.4) is 0 Å². The van der Waals surface area contributed by atoms with E-state index in [1.54, 1.807) is 0 Å². The van der Waals surface area contributed by atoms with Crippen LogP contribution in [-0.2, 0) is 0 Å². The van der Waals surface area contributed by atoms with Crippen LogP contribution in [0.2, 0.25) is 0 Å². The molecule has 1 heterocycles. The molecule has 0 radical (unpaired) electrons. The standard InChI is InChI=1S/C19H13BrN2O/c1-23-19-17(12-21)16(13-5-3-2-4-6-13)11-18(22-19)14-7-9-15(20)10-8-14/h2-11H,1H3. The average Bonchev–Trinajstić information content (AvgIpc) is 2.62. The van der Waals surface area contributed by atoms with Gasteiger partial charge in [0.1, 0.15) is 11.6 Å². The van der Waals surface area contributed by atoms with Crippen LogP contribution in [0.4, 0.5) is 0 Å². The Morgan fingerprint density at radius 1 is 1.00 bits per heavy atom. The first kappa shape index (κ1) is 15.3. The number of pyridine rings is 1. The van der Waals surface area contributed by atoms with Crippen LogP contribution in [0.5, 0.6) is 5.88 Å². The molecule has 0 aliphatic carbocycles. The van der Waals surface area contributed by atoms with E-state index in [0.29, 0.717) is 11.4 Å². The SMILES string of the molecule is COc1nc(-c2ccc(Br)cc2)cc(-c2ccccc2)c1C#N. The zero-order chi connectivity index (χ0) is 16.2. The lowest BCUT2D eigenvalue weighted by Gasteiger charge is -2.11. The largest absolute Gasteiger partial charge is 0.480 e. The fourth-order valence-electron chi connectivity index (χ4n) is 2.39. The van der Waals surface area contributed by atoms with Crippen molar-refractivity contribution in [1.82, 2.24) is 4.98 Å². The van der Waals surface area contributed by atoms with Gasteiger partial charge in [-0.25, -0.2) is 4.98 Å². The number of nitrogens with zero attached hydrogens (tertiary/aromatic N) is 2. The Balaban J connectivity index is 2.24. The Morgan fingerprint density at radius 3 is 2.30 bits per heavy atom. The summed E-state index contributed by atoms with van der Waals surface area (Å²) < 4.78 is 6.35. The minimum atomic E-state index is 0.340. The van der Waals surface area contributed by atoms with Crippen molar-refractivity contribution in [1.29, 1.82) is 5.26 Å². The molecule has 1 aromatic heterocycles. The van der Waals surface area contributed by atoms with Crippen molar-refractivity contribution in [2.45, 2.75) is 0 Å². The second kappa shape index (κ2) is 6.64. The average molecular weight is 365 g/mol. The minimum absolute atomic E-state index is 0.340. The predicted octanol–water partition coefficient (Wildman–Crippen LogP) is 5.06. The summed E-state index contributed by atoms with van der Waals surface area (Å²) in [6.45, 7) is 0. The van der Waals surface area contributed by atoms with Gasteiger partial charge in [0.2, 0.25) is 5.88 Å². The van der Waals surface area contributed by atoms with Gasteiger partial charge in [-0.1, -0.05) is 58.4 Å². The fourth-order valence-corrected chi connectivity index (χ4v) is 2.66. The monoisotopic (exact) mass is 364 g/mol. The second-order valence-electron chi connectivity index (χ2n) is 4.92. The number of halogens is 1. The Hall–Kier alpha value is -2.64. The van der Waals surface area contributed by atoms with Gasteiger partial charge in [-0.15, -0.1) is 0 Å². The first-order valence-electron chi connectivity index (χ1n) is 7.03. The van der Waals surface area contributed by atoms with Gasteiger partial charge in [0.15, 0.2) is 0 Å². The number of methoxy groups -OCH3 is 1. The van der Waals surface area contributed by atoms with Crippen LogP contribution in [0.15, 0.2) is 65.1 Å². The van der Waals surface area contributed by atoms with Crippen molar-refractivity contribution in [3.63, 3.8) is 0 Å². The van der Waals surface area contributed by atoms with Crippen LogP contribution < -0.4 is 4.74 Å². The van der Waals surface area contributed by atoms with Gasteiger partial charge in [-0.3, -0.25) is 0 Å². The molecule has 0 aliphatic rings. The summed E-state index contributed by atoms with van der Waals surface area (Å²) in [6, 6.07) is 21.8. The van der Waals surface area contributed by atoms with Crippen LogP contribution in [-0.4, -0.2) is 12.1 Å². The lowest BCUT2D eigenvalue weighted by atomic mass is 9.99. The molecule has 112 valence electrons. The van der Waals surface area contributed by atoms with Gasteiger partial charge in [-0.2, -0.15) is 5.26 Å². The predicted molar refractivity (Wildman–Crippen MR) is 94.1 cm³/mol. The molecule has 3 rings (SSSR count). The molecule has 0 saturated heterocycles. The summed E-state index contributed by atoms with van der Waals surface area (Å²) in [5, 5.41) is 9.51. The molecule has 0 amide bonds. The molecule has 4 heteroatoms. The highest BCUT2D eigenvalue weighted by Gasteiger charge is 2.15. The first-order chi connectivity index (χ1) is 11.2. The molecule has 0 saturated carbocycles. The zero-order valence-electron chi connectivity index (χ0n) is 12.5. The molecule has 0 bridgehead atoms. The summed E-state index contributed by atoms with van der Waals surface area (Å²) in [6.07, 6.45) is 0. The molecule has 0 unspecified atom stereocenters. The van der Waals surface area contributed by atoms with E-state index in [4.69, 9.17) is 4.74 Å². The smallest absolute Gasteiger partial charge is 0.232 e. The number of hydrogen-bond acceptors (Lipinski definition) is 3. The maximum atomic E-state index is 9.51. The van der Waals surface area contributed by atoms with Crippen molar-refractivity contribution in [2.24, 2.45) is 0 Å². The maximum absolute atomic E-state index is 9.51. The molecule has 2 aromatic carbocycles. The normalized spacial score (nSPS) is 10.1. The summed E-state index contributed by atoms with van der Waals surface area (Å²) in [4.78, 5) is 4.49. The molecular weight excluding hydrogens is 352 g/mol. The van der Waals surface area contributed by atoms with Crippen LogP contribution in [0, 0.1) is 11.3 Å². The number of nitriles is 1. The van der Waals surface area contributed by atoms with Crippen LogP contribution in [0.1, 0.15) is 5.56 Å². The molecule has 3 aromatic rings. The van der Waals surface area contributed by atoms with E-state index < -0.39 is 0 Å². The third-order valence-electron chi connectivity index (χ3n) is 3.52. The van der Waals surface area contributed by atoms with Gasteiger partial charge in [0.25, 0.3) is 0 Å². The summed E-state index contributed by atoms with van der Waals surface area (Å²) in [5.74, 6) is 0.340. The van der Waals surface area contributed by atoms with E-state index in [-0.39, 0.29) is 0 Å². The Morgan fingerprint density at radius 2 is 1.70 bits per heavy atom. The Labute approximate surface area is 143 Å². The molecule has 0 fully saturated rings. The van der Waals surface area contributed by atoms with E-state index in [1.165, 1.54) is 7.11 Å². The summed E-state index contributed by atoms with van der Waals surface area (Å²) >= 11 is 3.43. The van der Waals surface area contributed by atoms with Gasteiger partial charge >= 0.3 is 0 Å². The second-order valence-corrected chi connectivity index (χ2v) is 5.84. The third kappa shape index (κ3) is 3.10. The Bertz CT molecular complexity index is 868. The zero-order valence-corrected chi connectivity index (χ0v) is 14.0. The molecule has 0 spiro atoms. The van der Waals surface area contributed by atoms with Crippen molar-refractivity contribution < 1.29 is 4.74 Å². The van der Waals surface area contributed by atoms with Crippen LogP contribution in [0.25, 0.3) is 22.4 Å². The molecule has 23 heavy (non-hydrogen) atoms. The minimum Gasteiger partial charge on any atom is -0.480 e. The Kier molecular flexibility index (Phi) is 4.40. The van der Waals surface area contributed by atoms with E-state index >= 15 is 0 Å². The van der Waals surface area contributed by atoms with Crippen molar-refractivity contribution >= 4 is 15.9 Å². The van der Waals surface area contributed by atoms with E-state index in [1.807, 2.05) is 60.7 Å². The summed E-state index contributed by atoms with van der Waals surface area (Å²) in [7, 11) is 1.53. The van der Waals surface area contributed by atoms with Crippen molar-refractivity contribution in [3.8, 4) is 34.3 Å². The number of aromatic nitrogens is 1. The number of hydrogen-bond donors (Lipinski definition) is 0. The van der Waals surface area contributed by atoms with Crippen molar-refractivity contribution in [2.75, 3.05) is 7.11 Å². The molecular formula is C19H13BrN2O.